The fraction of sp³-hybridized carbons (Fsp3) is 0.909. The van der Waals surface area contributed by atoms with Gasteiger partial charge in [0.05, 0.1) is 6.54 Å². The van der Waals surface area contributed by atoms with Crippen LogP contribution in [0.1, 0.15) is 26.7 Å². The van der Waals surface area contributed by atoms with Crippen LogP contribution in [0.5, 0.6) is 0 Å². The van der Waals surface area contributed by atoms with Gasteiger partial charge in [-0.25, -0.2) is 0 Å². The molecule has 0 aromatic rings. The molecule has 2 unspecified atom stereocenters. The van der Waals surface area contributed by atoms with Gasteiger partial charge < -0.3 is 10.6 Å². The van der Waals surface area contributed by atoms with Gasteiger partial charge in [0.15, 0.2) is 0 Å². The van der Waals surface area contributed by atoms with Crippen LogP contribution in [0.2, 0.25) is 0 Å². The zero-order valence-corrected chi connectivity index (χ0v) is 10.0. The van der Waals surface area contributed by atoms with Gasteiger partial charge in [-0.2, -0.15) is 0 Å². The van der Waals surface area contributed by atoms with Crippen molar-refractivity contribution in [2.24, 2.45) is 0 Å². The SMILES string of the molecule is CCC1CN(CC(=O)NC)C(CC)CN1. The zero-order valence-electron chi connectivity index (χ0n) is 10.0. The van der Waals surface area contributed by atoms with Crippen molar-refractivity contribution < 1.29 is 4.79 Å². The summed E-state index contributed by atoms with van der Waals surface area (Å²) in [4.78, 5) is 13.7. The average molecular weight is 213 g/mol. The molecule has 1 saturated heterocycles. The van der Waals surface area contributed by atoms with Crippen molar-refractivity contribution in [2.75, 3.05) is 26.7 Å². The molecule has 1 rings (SSSR count). The number of carbonyl (C=O) groups excluding carboxylic acids is 1. The van der Waals surface area contributed by atoms with E-state index >= 15 is 0 Å². The lowest BCUT2D eigenvalue weighted by atomic mass is 10.1. The minimum absolute atomic E-state index is 0.116. The zero-order chi connectivity index (χ0) is 11.3. The summed E-state index contributed by atoms with van der Waals surface area (Å²) in [6.07, 6.45) is 2.22. The molecule has 88 valence electrons. The maximum absolute atomic E-state index is 11.4. The van der Waals surface area contributed by atoms with Crippen molar-refractivity contribution in [1.82, 2.24) is 15.5 Å². The first-order chi connectivity index (χ1) is 7.21. The summed E-state index contributed by atoms with van der Waals surface area (Å²) in [5.74, 6) is 0.116. The average Bonchev–Trinajstić information content (AvgIpc) is 2.28. The number of nitrogens with one attached hydrogen (secondary N) is 2. The van der Waals surface area contributed by atoms with Crippen LogP contribution in [-0.2, 0) is 4.79 Å². The molecule has 1 amide bonds. The molecule has 2 atom stereocenters. The first-order valence-corrected chi connectivity index (χ1v) is 5.89. The van der Waals surface area contributed by atoms with Crippen LogP contribution in [0.25, 0.3) is 0 Å². The molecule has 1 fully saturated rings. The molecule has 4 nitrogen and oxygen atoms in total. The molecular formula is C11H23N3O. The summed E-state index contributed by atoms with van der Waals surface area (Å²) in [5, 5.41) is 6.21. The summed E-state index contributed by atoms with van der Waals surface area (Å²) in [5.41, 5.74) is 0. The molecule has 15 heavy (non-hydrogen) atoms. The third-order valence-corrected chi connectivity index (χ3v) is 3.20. The lowest BCUT2D eigenvalue weighted by Gasteiger charge is -2.39. The number of hydrogen-bond donors (Lipinski definition) is 2. The van der Waals surface area contributed by atoms with E-state index in [1.54, 1.807) is 7.05 Å². The Hall–Kier alpha value is -0.610. The topological polar surface area (TPSA) is 44.4 Å². The van der Waals surface area contributed by atoms with Crippen molar-refractivity contribution in [3.05, 3.63) is 0 Å². The van der Waals surface area contributed by atoms with Crippen molar-refractivity contribution >= 4 is 5.91 Å². The molecule has 1 aliphatic heterocycles. The number of carbonyl (C=O) groups is 1. The Morgan fingerprint density at radius 2 is 2.20 bits per heavy atom. The molecule has 0 aromatic carbocycles. The van der Waals surface area contributed by atoms with E-state index in [1.807, 2.05) is 0 Å². The van der Waals surface area contributed by atoms with Crippen LogP contribution in [0.3, 0.4) is 0 Å². The van der Waals surface area contributed by atoms with E-state index in [4.69, 9.17) is 0 Å². The number of hydrogen-bond acceptors (Lipinski definition) is 3. The third kappa shape index (κ3) is 3.47. The van der Waals surface area contributed by atoms with E-state index in [1.165, 1.54) is 0 Å². The Morgan fingerprint density at radius 3 is 2.73 bits per heavy atom. The normalized spacial score (nSPS) is 27.7. The lowest BCUT2D eigenvalue weighted by molar-refractivity contribution is -0.122. The molecule has 0 aromatic heterocycles. The molecular weight excluding hydrogens is 190 g/mol. The molecule has 0 aliphatic carbocycles. The van der Waals surface area contributed by atoms with E-state index in [-0.39, 0.29) is 5.91 Å². The monoisotopic (exact) mass is 213 g/mol. The van der Waals surface area contributed by atoms with E-state index < -0.39 is 0 Å². The van der Waals surface area contributed by atoms with E-state index in [9.17, 15) is 4.79 Å². The quantitative estimate of drug-likeness (QED) is 0.701. The van der Waals surface area contributed by atoms with Crippen LogP contribution >= 0.6 is 0 Å². The number of likely N-dealkylation sites (N-methyl/N-ethyl adjacent to an activating group) is 1. The van der Waals surface area contributed by atoms with E-state index in [0.717, 1.165) is 25.9 Å². The van der Waals surface area contributed by atoms with Gasteiger partial charge in [0.25, 0.3) is 0 Å². The smallest absolute Gasteiger partial charge is 0.233 e. The highest BCUT2D eigenvalue weighted by Crippen LogP contribution is 2.11. The highest BCUT2D eigenvalue weighted by molar-refractivity contribution is 5.77. The standard InChI is InChI=1S/C11H23N3O/c1-4-9-7-14(8-11(15)12-3)10(5-2)6-13-9/h9-10,13H,4-8H2,1-3H3,(H,12,15). The lowest BCUT2D eigenvalue weighted by Crippen LogP contribution is -2.57. The van der Waals surface area contributed by atoms with Crippen LogP contribution < -0.4 is 10.6 Å². The maximum Gasteiger partial charge on any atom is 0.233 e. The molecule has 0 spiro atoms. The molecule has 0 radical (unpaired) electrons. The molecule has 1 heterocycles. The van der Waals surface area contributed by atoms with Crippen LogP contribution in [0.4, 0.5) is 0 Å². The summed E-state index contributed by atoms with van der Waals surface area (Å²) in [6, 6.07) is 1.04. The summed E-state index contributed by atoms with van der Waals surface area (Å²) in [7, 11) is 1.70. The van der Waals surface area contributed by atoms with Crippen molar-refractivity contribution in [3.8, 4) is 0 Å². The Labute approximate surface area is 92.4 Å². The van der Waals surface area contributed by atoms with E-state index in [0.29, 0.717) is 18.6 Å². The van der Waals surface area contributed by atoms with Gasteiger partial charge in [-0.1, -0.05) is 13.8 Å². The van der Waals surface area contributed by atoms with Crippen molar-refractivity contribution in [3.63, 3.8) is 0 Å². The first-order valence-electron chi connectivity index (χ1n) is 5.89. The number of amides is 1. The molecule has 0 bridgehead atoms. The first kappa shape index (κ1) is 12.5. The Morgan fingerprint density at radius 1 is 1.47 bits per heavy atom. The highest BCUT2D eigenvalue weighted by Gasteiger charge is 2.26. The minimum Gasteiger partial charge on any atom is -0.358 e. The number of rotatable bonds is 4. The molecule has 1 aliphatic rings. The van der Waals surface area contributed by atoms with Gasteiger partial charge in [0, 0.05) is 32.2 Å². The van der Waals surface area contributed by atoms with E-state index in [2.05, 4.69) is 29.4 Å². The van der Waals surface area contributed by atoms with Gasteiger partial charge in [-0.3, -0.25) is 9.69 Å². The van der Waals surface area contributed by atoms with Gasteiger partial charge in [-0.05, 0) is 12.8 Å². The minimum atomic E-state index is 0.116. The molecule has 2 N–H and O–H groups in total. The van der Waals surface area contributed by atoms with Gasteiger partial charge in [-0.15, -0.1) is 0 Å². The number of piperazine rings is 1. The van der Waals surface area contributed by atoms with Crippen LogP contribution in [0.15, 0.2) is 0 Å². The summed E-state index contributed by atoms with van der Waals surface area (Å²) < 4.78 is 0. The Kier molecular flexibility index (Phi) is 5.05. The van der Waals surface area contributed by atoms with Gasteiger partial charge in [0.1, 0.15) is 0 Å². The second-order valence-electron chi connectivity index (χ2n) is 4.18. The van der Waals surface area contributed by atoms with Crippen LogP contribution in [0, 0.1) is 0 Å². The Bertz CT molecular complexity index is 208. The van der Waals surface area contributed by atoms with Crippen molar-refractivity contribution in [2.45, 2.75) is 38.8 Å². The van der Waals surface area contributed by atoms with Crippen LogP contribution in [-0.4, -0.2) is 49.6 Å². The second-order valence-corrected chi connectivity index (χ2v) is 4.18. The predicted molar refractivity (Wildman–Crippen MR) is 61.8 cm³/mol. The maximum atomic E-state index is 11.4. The highest BCUT2D eigenvalue weighted by atomic mass is 16.1. The third-order valence-electron chi connectivity index (χ3n) is 3.20. The largest absolute Gasteiger partial charge is 0.358 e. The molecule has 4 heteroatoms. The fourth-order valence-electron chi connectivity index (χ4n) is 2.06. The van der Waals surface area contributed by atoms with Gasteiger partial charge >= 0.3 is 0 Å². The summed E-state index contributed by atoms with van der Waals surface area (Å²) in [6.45, 7) is 6.89. The van der Waals surface area contributed by atoms with Crippen molar-refractivity contribution in [1.29, 1.82) is 0 Å². The van der Waals surface area contributed by atoms with Gasteiger partial charge in [0.2, 0.25) is 5.91 Å². The second kappa shape index (κ2) is 6.08. The summed E-state index contributed by atoms with van der Waals surface area (Å²) >= 11 is 0. The molecule has 0 saturated carbocycles. The fourth-order valence-corrected chi connectivity index (χ4v) is 2.06. The number of nitrogens with zero attached hydrogens (tertiary/aromatic N) is 1. The predicted octanol–water partition coefficient (Wildman–Crippen LogP) is 0.195. The Balaban J connectivity index is 2.50.